The SMILES string of the molecule is Cc1cccc(C)c1C(=O)N1CCC(N2CCN([C@H](C)c3ccc(I)cc3)[C@@H](C)C2)CC1. The fourth-order valence-electron chi connectivity index (χ4n) is 5.58. The van der Waals surface area contributed by atoms with E-state index in [2.05, 4.69) is 75.4 Å². The van der Waals surface area contributed by atoms with E-state index in [9.17, 15) is 4.79 Å². The monoisotopic (exact) mass is 545 g/mol. The second-order valence-corrected chi connectivity index (χ2v) is 10.8. The molecule has 2 atom stereocenters. The Morgan fingerprint density at radius 1 is 0.969 bits per heavy atom. The smallest absolute Gasteiger partial charge is 0.254 e. The van der Waals surface area contributed by atoms with Crippen LogP contribution in [0.3, 0.4) is 0 Å². The Hall–Kier alpha value is -1.44. The number of carbonyl (C=O) groups excluding carboxylic acids is 1. The number of nitrogens with zero attached hydrogens (tertiary/aromatic N) is 3. The van der Waals surface area contributed by atoms with Crippen LogP contribution in [0.5, 0.6) is 0 Å². The number of rotatable bonds is 4. The van der Waals surface area contributed by atoms with E-state index in [1.165, 1.54) is 9.13 Å². The van der Waals surface area contributed by atoms with Gasteiger partial charge in [0.15, 0.2) is 0 Å². The van der Waals surface area contributed by atoms with Gasteiger partial charge >= 0.3 is 0 Å². The Bertz CT molecular complexity index is 916. The molecule has 0 bridgehead atoms. The number of halogens is 1. The Morgan fingerprint density at radius 3 is 2.19 bits per heavy atom. The zero-order valence-electron chi connectivity index (χ0n) is 19.9. The Labute approximate surface area is 207 Å². The van der Waals surface area contributed by atoms with Crippen LogP contribution < -0.4 is 0 Å². The van der Waals surface area contributed by atoms with Gasteiger partial charge in [-0.3, -0.25) is 14.6 Å². The molecule has 0 saturated carbocycles. The molecule has 2 fully saturated rings. The third-order valence-corrected chi connectivity index (χ3v) is 8.24. The molecule has 2 aromatic carbocycles. The molecule has 5 heteroatoms. The molecule has 4 nitrogen and oxygen atoms in total. The van der Waals surface area contributed by atoms with E-state index in [0.717, 1.165) is 62.3 Å². The number of hydrogen-bond donors (Lipinski definition) is 0. The maximum atomic E-state index is 13.2. The molecule has 172 valence electrons. The lowest BCUT2D eigenvalue weighted by Crippen LogP contribution is -2.57. The Morgan fingerprint density at radius 2 is 1.59 bits per heavy atom. The summed E-state index contributed by atoms with van der Waals surface area (Å²) < 4.78 is 1.29. The largest absolute Gasteiger partial charge is 0.339 e. The number of aryl methyl sites for hydroxylation is 2. The van der Waals surface area contributed by atoms with Crippen molar-refractivity contribution >= 4 is 28.5 Å². The average molecular weight is 546 g/mol. The lowest BCUT2D eigenvalue weighted by atomic mass is 9.97. The molecule has 2 saturated heterocycles. The molecule has 2 heterocycles. The maximum absolute atomic E-state index is 13.2. The first-order valence-corrected chi connectivity index (χ1v) is 13.0. The summed E-state index contributed by atoms with van der Waals surface area (Å²) in [6.07, 6.45) is 2.16. The van der Waals surface area contributed by atoms with Crippen LogP contribution in [0.2, 0.25) is 0 Å². The molecule has 0 radical (unpaired) electrons. The van der Waals surface area contributed by atoms with E-state index in [1.54, 1.807) is 0 Å². The van der Waals surface area contributed by atoms with Crippen molar-refractivity contribution in [3.63, 3.8) is 0 Å². The van der Waals surface area contributed by atoms with E-state index in [1.807, 2.05) is 32.0 Å². The van der Waals surface area contributed by atoms with Crippen LogP contribution in [-0.2, 0) is 0 Å². The first-order chi connectivity index (χ1) is 15.3. The van der Waals surface area contributed by atoms with E-state index in [0.29, 0.717) is 18.1 Å². The minimum atomic E-state index is 0.212. The summed E-state index contributed by atoms with van der Waals surface area (Å²) >= 11 is 2.37. The van der Waals surface area contributed by atoms with Crippen LogP contribution >= 0.6 is 22.6 Å². The lowest BCUT2D eigenvalue weighted by molar-refractivity contribution is 0.0135. The van der Waals surface area contributed by atoms with Crippen LogP contribution in [0.4, 0.5) is 0 Å². The molecule has 0 unspecified atom stereocenters. The predicted octanol–water partition coefficient (Wildman–Crippen LogP) is 5.28. The van der Waals surface area contributed by atoms with Gasteiger partial charge in [-0.25, -0.2) is 0 Å². The molecule has 2 aliphatic heterocycles. The normalized spacial score (nSPS) is 22.2. The molecule has 1 amide bonds. The zero-order chi connectivity index (χ0) is 22.8. The van der Waals surface area contributed by atoms with Gasteiger partial charge in [0.25, 0.3) is 5.91 Å². The minimum Gasteiger partial charge on any atom is -0.339 e. The topological polar surface area (TPSA) is 26.8 Å². The van der Waals surface area contributed by atoms with Crippen molar-refractivity contribution in [2.45, 2.75) is 58.7 Å². The van der Waals surface area contributed by atoms with E-state index in [-0.39, 0.29) is 5.91 Å². The highest BCUT2D eigenvalue weighted by Gasteiger charge is 2.34. The van der Waals surface area contributed by atoms with E-state index in [4.69, 9.17) is 0 Å². The second kappa shape index (κ2) is 10.2. The number of piperazine rings is 1. The van der Waals surface area contributed by atoms with Crippen LogP contribution in [-0.4, -0.2) is 65.4 Å². The van der Waals surface area contributed by atoms with Gasteiger partial charge in [-0.05, 0) is 92.0 Å². The number of carbonyl (C=O) groups is 1. The molecule has 0 aliphatic carbocycles. The molecule has 32 heavy (non-hydrogen) atoms. The maximum Gasteiger partial charge on any atom is 0.254 e. The van der Waals surface area contributed by atoms with Crippen molar-refractivity contribution in [2.24, 2.45) is 0 Å². The molecular weight excluding hydrogens is 509 g/mol. The van der Waals surface area contributed by atoms with Gasteiger partial charge in [0.05, 0.1) is 0 Å². The van der Waals surface area contributed by atoms with Gasteiger partial charge in [-0.15, -0.1) is 0 Å². The van der Waals surface area contributed by atoms with Crippen molar-refractivity contribution in [1.29, 1.82) is 0 Å². The highest BCUT2D eigenvalue weighted by atomic mass is 127. The summed E-state index contributed by atoms with van der Waals surface area (Å²) in [5, 5.41) is 0. The number of benzene rings is 2. The van der Waals surface area contributed by atoms with Crippen molar-refractivity contribution in [2.75, 3.05) is 32.7 Å². The van der Waals surface area contributed by atoms with Crippen molar-refractivity contribution in [1.82, 2.24) is 14.7 Å². The number of likely N-dealkylation sites (tertiary alicyclic amines) is 1. The van der Waals surface area contributed by atoms with Gasteiger partial charge in [0.1, 0.15) is 0 Å². The lowest BCUT2D eigenvalue weighted by Gasteiger charge is -2.47. The van der Waals surface area contributed by atoms with Crippen LogP contribution in [0, 0.1) is 17.4 Å². The van der Waals surface area contributed by atoms with Crippen molar-refractivity contribution in [3.8, 4) is 0 Å². The van der Waals surface area contributed by atoms with Crippen molar-refractivity contribution < 1.29 is 4.79 Å². The van der Waals surface area contributed by atoms with Crippen molar-refractivity contribution in [3.05, 3.63) is 68.3 Å². The van der Waals surface area contributed by atoms with E-state index >= 15 is 0 Å². The van der Waals surface area contributed by atoms with Gasteiger partial charge in [0, 0.05) is 60.0 Å². The fourth-order valence-corrected chi connectivity index (χ4v) is 5.94. The average Bonchev–Trinajstić information content (AvgIpc) is 2.79. The van der Waals surface area contributed by atoms with Gasteiger partial charge in [-0.2, -0.15) is 0 Å². The number of amides is 1. The molecule has 2 aromatic rings. The van der Waals surface area contributed by atoms with Gasteiger partial charge in [-0.1, -0.05) is 30.3 Å². The highest BCUT2D eigenvalue weighted by molar-refractivity contribution is 14.1. The van der Waals surface area contributed by atoms with Gasteiger partial charge in [0.2, 0.25) is 0 Å². The summed E-state index contributed by atoms with van der Waals surface area (Å²) in [7, 11) is 0. The Balaban J connectivity index is 1.32. The first kappa shape index (κ1) is 23.7. The Kier molecular flexibility index (Phi) is 7.58. The third kappa shape index (κ3) is 5.05. The van der Waals surface area contributed by atoms with E-state index < -0.39 is 0 Å². The standard InChI is InChI=1S/C27H36IN3O/c1-19-6-5-7-20(2)26(19)27(32)29-14-12-25(13-15-29)30-16-17-31(21(3)18-30)22(4)23-8-10-24(28)11-9-23/h5-11,21-22,25H,12-18H2,1-4H3/t21-,22+/m0/s1. The predicted molar refractivity (Wildman–Crippen MR) is 140 cm³/mol. The summed E-state index contributed by atoms with van der Waals surface area (Å²) in [6.45, 7) is 13.9. The molecule has 0 N–H and O–H groups in total. The van der Waals surface area contributed by atoms with Crippen LogP contribution in [0.1, 0.15) is 59.8 Å². The number of hydrogen-bond acceptors (Lipinski definition) is 3. The molecule has 0 spiro atoms. The summed E-state index contributed by atoms with van der Waals surface area (Å²) in [5.74, 6) is 0.212. The quantitative estimate of drug-likeness (QED) is 0.490. The third-order valence-electron chi connectivity index (χ3n) is 7.52. The molecule has 4 rings (SSSR count). The molecule has 2 aliphatic rings. The summed E-state index contributed by atoms with van der Waals surface area (Å²) in [5.41, 5.74) is 4.48. The summed E-state index contributed by atoms with van der Waals surface area (Å²) in [6, 6.07) is 16.7. The zero-order valence-corrected chi connectivity index (χ0v) is 22.0. The van der Waals surface area contributed by atoms with Crippen LogP contribution in [0.25, 0.3) is 0 Å². The minimum absolute atomic E-state index is 0.212. The summed E-state index contributed by atoms with van der Waals surface area (Å²) in [4.78, 5) is 20.6. The van der Waals surface area contributed by atoms with Gasteiger partial charge < -0.3 is 4.90 Å². The number of piperidine rings is 1. The second-order valence-electron chi connectivity index (χ2n) is 9.60. The molecular formula is C27H36IN3O. The van der Waals surface area contributed by atoms with Crippen LogP contribution in [0.15, 0.2) is 42.5 Å². The molecule has 0 aromatic heterocycles. The fraction of sp³-hybridized carbons (Fsp3) is 0.519. The first-order valence-electron chi connectivity index (χ1n) is 12.0. The highest BCUT2D eigenvalue weighted by Crippen LogP contribution is 2.28.